The van der Waals surface area contributed by atoms with E-state index < -0.39 is 0 Å². The number of pyridine rings is 1. The second kappa shape index (κ2) is 7.42. The van der Waals surface area contributed by atoms with Crippen LogP contribution in [0.1, 0.15) is 69.8 Å². The van der Waals surface area contributed by atoms with Crippen molar-refractivity contribution >= 4 is 16.9 Å². The van der Waals surface area contributed by atoms with Crippen LogP contribution in [0.15, 0.2) is 60.0 Å². The maximum atomic E-state index is 11.9. The van der Waals surface area contributed by atoms with E-state index >= 15 is 0 Å². The minimum absolute atomic E-state index is 0.0784. The molecular formula is C30H34N2O3. The first-order chi connectivity index (χ1) is 17.0. The number of fused-ring (bicyclic) bond motifs is 2. The summed E-state index contributed by atoms with van der Waals surface area (Å²) in [5.41, 5.74) is 4.01. The van der Waals surface area contributed by atoms with Gasteiger partial charge >= 0.3 is 6.09 Å². The summed E-state index contributed by atoms with van der Waals surface area (Å²) < 4.78 is 13.0. The first-order valence-electron chi connectivity index (χ1n) is 13.3. The maximum Gasteiger partial charge on any atom is 0.407 e. The van der Waals surface area contributed by atoms with Gasteiger partial charge in [0.2, 0.25) is 0 Å². The smallest absolute Gasteiger partial charge is 0.407 e. The lowest BCUT2D eigenvalue weighted by Gasteiger charge is -2.54. The Morgan fingerprint density at radius 1 is 1.17 bits per heavy atom. The Morgan fingerprint density at radius 3 is 2.97 bits per heavy atom. The van der Waals surface area contributed by atoms with Gasteiger partial charge in [-0.2, -0.15) is 0 Å². The molecule has 3 fully saturated rings. The third kappa shape index (κ3) is 2.97. The summed E-state index contributed by atoms with van der Waals surface area (Å²) in [6.07, 6.45) is 16.7. The molecule has 5 aliphatic rings. The molecule has 2 bridgehead atoms. The van der Waals surface area contributed by atoms with Gasteiger partial charge in [0.1, 0.15) is 6.10 Å². The van der Waals surface area contributed by atoms with E-state index in [-0.39, 0.29) is 28.8 Å². The van der Waals surface area contributed by atoms with Crippen molar-refractivity contribution in [3.05, 3.63) is 65.5 Å². The molecule has 1 amide bonds. The molecule has 5 heteroatoms. The van der Waals surface area contributed by atoms with Gasteiger partial charge in [-0.05, 0) is 96.4 Å². The molecule has 2 aliphatic heterocycles. The Bertz CT molecular complexity index is 1280. The molecule has 1 N–H and O–H groups in total. The number of carbonyl (C=O) groups is 1. The van der Waals surface area contributed by atoms with Gasteiger partial charge in [0.15, 0.2) is 0 Å². The Labute approximate surface area is 207 Å². The molecule has 0 radical (unpaired) electrons. The van der Waals surface area contributed by atoms with Crippen molar-refractivity contribution in [2.45, 2.75) is 81.5 Å². The van der Waals surface area contributed by atoms with E-state index in [9.17, 15) is 4.79 Å². The first kappa shape index (κ1) is 21.6. The Balaban J connectivity index is 1.23. The number of nitrogens with one attached hydrogen (secondary N) is 1. The predicted molar refractivity (Wildman–Crippen MR) is 135 cm³/mol. The Kier molecular flexibility index (Phi) is 4.58. The fraction of sp³-hybridized carbons (Fsp3) is 0.533. The average Bonchev–Trinajstić information content (AvgIpc) is 3.38. The van der Waals surface area contributed by atoms with Crippen LogP contribution in [-0.4, -0.2) is 35.4 Å². The third-order valence-corrected chi connectivity index (χ3v) is 10.2. The van der Waals surface area contributed by atoms with Crippen molar-refractivity contribution in [1.29, 1.82) is 0 Å². The number of allylic oxidation sites excluding steroid dienone is 1. The van der Waals surface area contributed by atoms with E-state index in [1.807, 2.05) is 12.4 Å². The van der Waals surface area contributed by atoms with Crippen LogP contribution >= 0.6 is 0 Å². The number of carbonyl (C=O) groups excluding carboxylic acids is 1. The zero-order valence-corrected chi connectivity index (χ0v) is 20.7. The maximum absolute atomic E-state index is 11.9. The molecule has 5 nitrogen and oxygen atoms in total. The number of amides is 1. The zero-order chi connectivity index (χ0) is 23.8. The molecule has 0 unspecified atom stereocenters. The van der Waals surface area contributed by atoms with Crippen LogP contribution in [0.5, 0.6) is 0 Å². The quantitative estimate of drug-likeness (QED) is 0.568. The van der Waals surface area contributed by atoms with Crippen molar-refractivity contribution in [3.8, 4) is 0 Å². The van der Waals surface area contributed by atoms with Gasteiger partial charge in [-0.25, -0.2) is 4.79 Å². The van der Waals surface area contributed by atoms with Gasteiger partial charge < -0.3 is 14.8 Å². The molecule has 3 aliphatic carbocycles. The molecule has 2 aromatic rings. The molecule has 1 aromatic carbocycles. The van der Waals surface area contributed by atoms with Gasteiger partial charge in [0.25, 0.3) is 0 Å². The lowest BCUT2D eigenvalue weighted by atomic mass is 9.58. The summed E-state index contributed by atoms with van der Waals surface area (Å²) in [5.74, 6) is 1.02. The second-order valence-electron chi connectivity index (χ2n) is 11.7. The summed E-state index contributed by atoms with van der Waals surface area (Å²) in [6, 6.07) is 9.07. The highest BCUT2D eigenvalue weighted by atomic mass is 16.6. The number of hydrogen-bond acceptors (Lipinski definition) is 4. The molecule has 35 heavy (non-hydrogen) atoms. The minimum atomic E-state index is -0.336. The summed E-state index contributed by atoms with van der Waals surface area (Å²) in [5, 5.41) is 5.09. The third-order valence-electron chi connectivity index (χ3n) is 10.2. The monoisotopic (exact) mass is 470 g/mol. The van der Waals surface area contributed by atoms with E-state index in [0.29, 0.717) is 11.8 Å². The molecule has 182 valence electrons. The van der Waals surface area contributed by atoms with E-state index in [4.69, 9.17) is 9.47 Å². The highest BCUT2D eigenvalue weighted by Gasteiger charge is 2.66. The standard InChI is InChI=1S/C30H34N2O3/c1-28-11-9-23-16-22-5-6-24(34-27(33)31-2)17-29(22)12-13-30(23,35-29)26(28)8-7-25(28)20-4-3-19-10-14-32-18-21(19)15-20/h3-4,9-10,14-16,18,24-26H,5-8,11-13,17H2,1-2H3,(H,31,33)/t24-,25+,26+,28+,29+,30+/m0/s1. The molecular weight excluding hydrogens is 436 g/mol. The summed E-state index contributed by atoms with van der Waals surface area (Å²) >= 11 is 0. The van der Waals surface area contributed by atoms with Crippen LogP contribution in [0.25, 0.3) is 10.8 Å². The van der Waals surface area contributed by atoms with Crippen LogP contribution in [0.3, 0.4) is 0 Å². The predicted octanol–water partition coefficient (Wildman–Crippen LogP) is 6.20. The highest BCUT2D eigenvalue weighted by molar-refractivity contribution is 5.82. The number of hydrogen-bond donors (Lipinski definition) is 1. The van der Waals surface area contributed by atoms with Crippen LogP contribution in [0.2, 0.25) is 0 Å². The number of aromatic nitrogens is 1. The van der Waals surface area contributed by atoms with Crippen molar-refractivity contribution in [2.75, 3.05) is 7.05 Å². The molecule has 1 saturated heterocycles. The number of benzene rings is 1. The fourth-order valence-electron chi connectivity index (χ4n) is 8.54. The van der Waals surface area contributed by atoms with Crippen LogP contribution < -0.4 is 5.32 Å². The van der Waals surface area contributed by atoms with Crippen LogP contribution in [0, 0.1) is 11.3 Å². The molecule has 6 atom stereocenters. The fourth-order valence-corrected chi connectivity index (χ4v) is 8.54. The highest BCUT2D eigenvalue weighted by Crippen LogP contribution is 2.69. The van der Waals surface area contributed by atoms with Crippen molar-refractivity contribution < 1.29 is 14.3 Å². The van der Waals surface area contributed by atoms with Gasteiger partial charge in [-0.3, -0.25) is 4.98 Å². The molecule has 3 heterocycles. The number of nitrogens with zero attached hydrogens (tertiary/aromatic N) is 1. The summed E-state index contributed by atoms with van der Waals surface area (Å²) in [6.45, 7) is 2.51. The van der Waals surface area contributed by atoms with Gasteiger partial charge in [0, 0.05) is 31.2 Å². The summed E-state index contributed by atoms with van der Waals surface area (Å²) in [7, 11) is 1.62. The number of ether oxygens (including phenoxy) is 2. The SMILES string of the molecule is CNC(=O)O[C@H]1CCC2=CC3=CC[C@]4(C)[C@@H](c5ccc6ccncc6c5)CC[C@H]4[C@@]34CC[C@]2(C1)O4. The molecule has 1 aromatic heterocycles. The van der Waals surface area contributed by atoms with Crippen molar-refractivity contribution in [3.63, 3.8) is 0 Å². The largest absolute Gasteiger partial charge is 0.446 e. The molecule has 2 saturated carbocycles. The minimum Gasteiger partial charge on any atom is -0.446 e. The Morgan fingerprint density at radius 2 is 2.09 bits per heavy atom. The van der Waals surface area contributed by atoms with Crippen LogP contribution in [-0.2, 0) is 9.47 Å². The zero-order valence-electron chi connectivity index (χ0n) is 20.7. The van der Waals surface area contributed by atoms with Crippen molar-refractivity contribution in [1.82, 2.24) is 10.3 Å². The number of rotatable bonds is 2. The van der Waals surface area contributed by atoms with E-state index in [1.165, 1.54) is 40.3 Å². The van der Waals surface area contributed by atoms with E-state index in [1.54, 1.807) is 7.05 Å². The van der Waals surface area contributed by atoms with Crippen molar-refractivity contribution in [2.24, 2.45) is 11.3 Å². The second-order valence-corrected chi connectivity index (χ2v) is 11.7. The molecule has 7 rings (SSSR count). The summed E-state index contributed by atoms with van der Waals surface area (Å²) in [4.78, 5) is 16.3. The first-order valence-corrected chi connectivity index (χ1v) is 13.3. The average molecular weight is 471 g/mol. The molecule has 2 spiro atoms. The number of alkyl carbamates (subject to hydrolysis) is 1. The lowest BCUT2D eigenvalue weighted by Crippen LogP contribution is -2.54. The van der Waals surface area contributed by atoms with Gasteiger partial charge in [-0.15, -0.1) is 0 Å². The Hall–Kier alpha value is -2.66. The van der Waals surface area contributed by atoms with E-state index in [0.717, 1.165) is 38.5 Å². The van der Waals surface area contributed by atoms with E-state index in [2.05, 4.69) is 53.6 Å². The normalized spacial score (nSPS) is 39.2. The van der Waals surface area contributed by atoms with Gasteiger partial charge in [0.05, 0.1) is 11.2 Å². The topological polar surface area (TPSA) is 60.5 Å². The van der Waals surface area contributed by atoms with Gasteiger partial charge in [-0.1, -0.05) is 31.2 Å². The van der Waals surface area contributed by atoms with Crippen LogP contribution in [0.4, 0.5) is 4.79 Å². The lowest BCUT2D eigenvalue weighted by molar-refractivity contribution is -0.144.